The summed E-state index contributed by atoms with van der Waals surface area (Å²) in [6.07, 6.45) is -1.21. The van der Waals surface area contributed by atoms with E-state index in [1.54, 1.807) is 12.1 Å². The van der Waals surface area contributed by atoms with E-state index in [4.69, 9.17) is 5.11 Å². The Morgan fingerprint density at radius 1 is 1.41 bits per heavy atom. The zero-order chi connectivity index (χ0) is 12.8. The fourth-order valence-electron chi connectivity index (χ4n) is 1.46. The van der Waals surface area contributed by atoms with Crippen LogP contribution in [0.1, 0.15) is 24.9 Å². The van der Waals surface area contributed by atoms with Gasteiger partial charge in [-0.25, -0.2) is 4.39 Å². The van der Waals surface area contributed by atoms with Gasteiger partial charge in [-0.1, -0.05) is 12.1 Å². The lowest BCUT2D eigenvalue weighted by atomic mass is 10.1. The summed E-state index contributed by atoms with van der Waals surface area (Å²) in [5, 5.41) is 20.8. The minimum atomic E-state index is -1.03. The average Bonchev–Trinajstić information content (AvgIpc) is 2.26. The summed E-state index contributed by atoms with van der Waals surface area (Å²) in [6.45, 7) is 2.05. The third-order valence-electron chi connectivity index (χ3n) is 2.44. The third-order valence-corrected chi connectivity index (χ3v) is 2.44. The van der Waals surface area contributed by atoms with Crippen molar-refractivity contribution in [2.24, 2.45) is 0 Å². The fourth-order valence-corrected chi connectivity index (χ4v) is 1.46. The molecule has 1 rings (SSSR count). The molecule has 5 heteroatoms. The molecule has 0 aliphatic carbocycles. The molecule has 2 atom stereocenters. The largest absolute Gasteiger partial charge is 0.481 e. The minimum Gasteiger partial charge on any atom is -0.481 e. The van der Waals surface area contributed by atoms with Crippen molar-refractivity contribution in [1.29, 1.82) is 0 Å². The number of nitrogens with one attached hydrogen (secondary N) is 1. The molecule has 0 amide bonds. The van der Waals surface area contributed by atoms with Gasteiger partial charge in [-0.3, -0.25) is 4.79 Å². The zero-order valence-electron chi connectivity index (χ0n) is 9.56. The molecule has 3 N–H and O–H groups in total. The maximum Gasteiger partial charge on any atom is 0.306 e. The van der Waals surface area contributed by atoms with E-state index in [9.17, 15) is 14.3 Å². The van der Waals surface area contributed by atoms with Crippen LogP contribution in [0.5, 0.6) is 0 Å². The first-order valence-electron chi connectivity index (χ1n) is 5.37. The highest BCUT2D eigenvalue weighted by Crippen LogP contribution is 2.12. The molecule has 0 fully saturated rings. The Balaban J connectivity index is 2.41. The number of rotatable bonds is 6. The number of halogens is 1. The first-order valence-corrected chi connectivity index (χ1v) is 5.37. The molecule has 0 heterocycles. The molecule has 0 bridgehead atoms. The van der Waals surface area contributed by atoms with Gasteiger partial charge in [0, 0.05) is 12.6 Å². The molecule has 0 aliphatic rings. The Bertz CT molecular complexity index is 367. The number of carbonyl (C=O) groups is 1. The quantitative estimate of drug-likeness (QED) is 0.702. The molecule has 0 aliphatic heterocycles. The third kappa shape index (κ3) is 4.93. The van der Waals surface area contributed by atoms with Gasteiger partial charge < -0.3 is 15.5 Å². The zero-order valence-corrected chi connectivity index (χ0v) is 9.56. The van der Waals surface area contributed by atoms with Crippen molar-refractivity contribution in [3.05, 3.63) is 35.6 Å². The number of aliphatic carboxylic acids is 1. The van der Waals surface area contributed by atoms with Gasteiger partial charge in [-0.2, -0.15) is 0 Å². The lowest BCUT2D eigenvalue weighted by molar-refractivity contribution is -0.139. The van der Waals surface area contributed by atoms with Crippen LogP contribution in [-0.2, 0) is 4.79 Å². The Morgan fingerprint density at radius 2 is 2.00 bits per heavy atom. The number of carboxylic acid groups (broad SMARTS) is 1. The van der Waals surface area contributed by atoms with Crippen molar-refractivity contribution in [2.45, 2.75) is 25.5 Å². The number of benzene rings is 1. The van der Waals surface area contributed by atoms with Gasteiger partial charge >= 0.3 is 5.97 Å². The van der Waals surface area contributed by atoms with Crippen molar-refractivity contribution in [2.75, 3.05) is 6.54 Å². The summed E-state index contributed by atoms with van der Waals surface area (Å²) < 4.78 is 12.7. The van der Waals surface area contributed by atoms with Gasteiger partial charge in [0.25, 0.3) is 0 Å². The van der Waals surface area contributed by atoms with Crippen molar-refractivity contribution in [3.8, 4) is 0 Å². The van der Waals surface area contributed by atoms with Crippen LogP contribution in [0.15, 0.2) is 24.3 Å². The molecule has 17 heavy (non-hydrogen) atoms. The summed E-state index contributed by atoms with van der Waals surface area (Å²) in [5.74, 6) is -1.33. The van der Waals surface area contributed by atoms with Crippen molar-refractivity contribution in [3.63, 3.8) is 0 Å². The van der Waals surface area contributed by atoms with Crippen LogP contribution in [0.3, 0.4) is 0 Å². The van der Waals surface area contributed by atoms with Gasteiger partial charge in [-0.15, -0.1) is 0 Å². The fraction of sp³-hybridized carbons (Fsp3) is 0.417. The normalized spacial score (nSPS) is 14.3. The highest BCUT2D eigenvalue weighted by molar-refractivity contribution is 5.67. The number of hydrogen-bond acceptors (Lipinski definition) is 3. The number of aliphatic hydroxyl groups excluding tert-OH is 1. The predicted molar refractivity (Wildman–Crippen MR) is 61.1 cm³/mol. The van der Waals surface area contributed by atoms with E-state index in [2.05, 4.69) is 5.32 Å². The SMILES string of the molecule is C[C@H](NCC(O)CC(=O)O)c1ccc(F)cc1. The van der Waals surface area contributed by atoms with E-state index in [0.717, 1.165) is 5.56 Å². The van der Waals surface area contributed by atoms with Crippen molar-refractivity contribution >= 4 is 5.97 Å². The predicted octanol–water partition coefficient (Wildman–Crippen LogP) is 1.31. The molecule has 0 aromatic heterocycles. The van der Waals surface area contributed by atoms with E-state index in [-0.39, 0.29) is 24.8 Å². The summed E-state index contributed by atoms with van der Waals surface area (Å²) in [5.41, 5.74) is 0.883. The van der Waals surface area contributed by atoms with Crippen LogP contribution < -0.4 is 5.32 Å². The molecular formula is C12H16FNO3. The number of carboxylic acids is 1. The topological polar surface area (TPSA) is 69.6 Å². The van der Waals surface area contributed by atoms with Crippen LogP contribution in [0.2, 0.25) is 0 Å². The Hall–Kier alpha value is -1.46. The van der Waals surface area contributed by atoms with Gasteiger partial charge in [0.2, 0.25) is 0 Å². The molecular weight excluding hydrogens is 225 g/mol. The summed E-state index contributed by atoms with van der Waals surface area (Å²) in [4.78, 5) is 10.3. The molecule has 0 radical (unpaired) electrons. The van der Waals surface area contributed by atoms with E-state index in [1.165, 1.54) is 12.1 Å². The Kier molecular flexibility index (Phi) is 5.06. The second kappa shape index (κ2) is 6.32. The molecule has 4 nitrogen and oxygen atoms in total. The second-order valence-electron chi connectivity index (χ2n) is 3.93. The van der Waals surface area contributed by atoms with Gasteiger partial charge in [0.15, 0.2) is 0 Å². The maximum absolute atomic E-state index is 12.7. The van der Waals surface area contributed by atoms with Crippen molar-refractivity contribution < 1.29 is 19.4 Å². The minimum absolute atomic E-state index is 0.0703. The number of hydrogen-bond donors (Lipinski definition) is 3. The monoisotopic (exact) mass is 241 g/mol. The van der Waals surface area contributed by atoms with E-state index < -0.39 is 12.1 Å². The maximum atomic E-state index is 12.7. The van der Waals surface area contributed by atoms with Crippen LogP contribution in [0.4, 0.5) is 4.39 Å². The molecule has 1 unspecified atom stereocenters. The lowest BCUT2D eigenvalue weighted by Gasteiger charge is -2.16. The standard InChI is InChI=1S/C12H16FNO3/c1-8(9-2-4-10(13)5-3-9)14-7-11(15)6-12(16)17/h2-5,8,11,14-15H,6-7H2,1H3,(H,16,17)/t8-,11?/m0/s1. The first-order chi connectivity index (χ1) is 7.99. The number of aliphatic hydroxyl groups is 1. The highest BCUT2D eigenvalue weighted by Gasteiger charge is 2.11. The molecule has 0 saturated heterocycles. The van der Waals surface area contributed by atoms with Gasteiger partial charge in [0.05, 0.1) is 12.5 Å². The highest BCUT2D eigenvalue weighted by atomic mass is 19.1. The Labute approximate surface area is 99.1 Å². The van der Waals surface area contributed by atoms with E-state index in [0.29, 0.717) is 0 Å². The van der Waals surface area contributed by atoms with Crippen LogP contribution >= 0.6 is 0 Å². The second-order valence-corrected chi connectivity index (χ2v) is 3.93. The lowest BCUT2D eigenvalue weighted by Crippen LogP contribution is -2.30. The van der Waals surface area contributed by atoms with Crippen LogP contribution in [-0.4, -0.2) is 28.8 Å². The summed E-state index contributed by atoms with van der Waals surface area (Å²) >= 11 is 0. The van der Waals surface area contributed by atoms with E-state index in [1.807, 2.05) is 6.92 Å². The molecule has 0 saturated carbocycles. The van der Waals surface area contributed by atoms with Gasteiger partial charge in [0.1, 0.15) is 5.82 Å². The van der Waals surface area contributed by atoms with Crippen LogP contribution in [0.25, 0.3) is 0 Å². The molecule has 1 aromatic rings. The van der Waals surface area contributed by atoms with Gasteiger partial charge in [-0.05, 0) is 24.6 Å². The van der Waals surface area contributed by atoms with Crippen LogP contribution in [0, 0.1) is 5.82 Å². The molecule has 0 spiro atoms. The Morgan fingerprint density at radius 3 is 2.53 bits per heavy atom. The average molecular weight is 241 g/mol. The first kappa shape index (κ1) is 13.6. The summed E-state index contributed by atoms with van der Waals surface area (Å²) in [7, 11) is 0. The molecule has 94 valence electrons. The van der Waals surface area contributed by atoms with Crippen molar-refractivity contribution in [1.82, 2.24) is 5.32 Å². The van der Waals surface area contributed by atoms with E-state index >= 15 is 0 Å². The molecule has 1 aromatic carbocycles. The smallest absolute Gasteiger partial charge is 0.306 e. The summed E-state index contributed by atoms with van der Waals surface area (Å²) in [6, 6.07) is 5.95.